The molecule has 4 nitrogen and oxygen atoms in total. The molecule has 92 valence electrons. The van der Waals surface area contributed by atoms with E-state index in [1.807, 2.05) is 0 Å². The van der Waals surface area contributed by atoms with Crippen LogP contribution in [0.4, 0.5) is 5.69 Å². The van der Waals surface area contributed by atoms with Crippen LogP contribution in [-0.2, 0) is 0 Å². The molecule has 0 aliphatic heterocycles. The van der Waals surface area contributed by atoms with Crippen LogP contribution in [0.25, 0.3) is 0 Å². The number of hydrogen-bond donors (Lipinski definition) is 3. The minimum atomic E-state index is -0.197. The maximum absolute atomic E-state index is 12.0. The van der Waals surface area contributed by atoms with Gasteiger partial charge in [0.1, 0.15) is 5.75 Å². The summed E-state index contributed by atoms with van der Waals surface area (Å²) >= 11 is 0. The number of amides is 1. The summed E-state index contributed by atoms with van der Waals surface area (Å²) in [6.45, 7) is 2.19. The fourth-order valence-corrected chi connectivity index (χ4v) is 2.34. The lowest BCUT2D eigenvalue weighted by molar-refractivity contribution is 0.0938. The summed E-state index contributed by atoms with van der Waals surface area (Å²) in [5.74, 6) is 0.531. The number of rotatable bonds is 2. The van der Waals surface area contributed by atoms with Gasteiger partial charge < -0.3 is 16.2 Å². The Bertz CT molecular complexity index is 431. The van der Waals surface area contributed by atoms with Gasteiger partial charge in [0, 0.05) is 11.7 Å². The Hall–Kier alpha value is -1.71. The highest BCUT2D eigenvalue weighted by atomic mass is 16.3. The smallest absolute Gasteiger partial charge is 0.253 e. The van der Waals surface area contributed by atoms with E-state index in [1.165, 1.54) is 12.1 Å². The zero-order valence-electron chi connectivity index (χ0n) is 9.94. The molecule has 2 unspecified atom stereocenters. The van der Waals surface area contributed by atoms with Gasteiger partial charge in [0.25, 0.3) is 5.91 Å². The molecule has 0 heterocycles. The second kappa shape index (κ2) is 4.65. The number of benzene rings is 1. The number of anilines is 1. The zero-order chi connectivity index (χ0) is 12.4. The summed E-state index contributed by atoms with van der Waals surface area (Å²) in [5.41, 5.74) is 6.47. The van der Waals surface area contributed by atoms with E-state index in [0.717, 1.165) is 19.3 Å². The summed E-state index contributed by atoms with van der Waals surface area (Å²) < 4.78 is 0. The predicted molar refractivity (Wildman–Crippen MR) is 66.8 cm³/mol. The van der Waals surface area contributed by atoms with Gasteiger partial charge in [-0.25, -0.2) is 0 Å². The molecule has 1 aliphatic rings. The van der Waals surface area contributed by atoms with Gasteiger partial charge >= 0.3 is 0 Å². The second-order valence-corrected chi connectivity index (χ2v) is 4.86. The molecule has 2 rings (SSSR count). The molecule has 1 saturated carbocycles. The molecule has 2 atom stereocenters. The first-order valence-corrected chi connectivity index (χ1v) is 5.95. The van der Waals surface area contributed by atoms with Gasteiger partial charge in [0.15, 0.2) is 0 Å². The number of phenolic OH excluding ortho intramolecular Hbond substituents is 1. The van der Waals surface area contributed by atoms with Gasteiger partial charge in [-0.2, -0.15) is 0 Å². The molecule has 4 N–H and O–H groups in total. The number of carbonyl (C=O) groups is 1. The van der Waals surface area contributed by atoms with Crippen LogP contribution in [0, 0.1) is 5.92 Å². The summed E-state index contributed by atoms with van der Waals surface area (Å²) in [6, 6.07) is 4.66. The average molecular weight is 234 g/mol. The summed E-state index contributed by atoms with van der Waals surface area (Å²) in [5, 5.41) is 12.3. The van der Waals surface area contributed by atoms with E-state index in [-0.39, 0.29) is 17.7 Å². The number of phenols is 1. The first-order valence-electron chi connectivity index (χ1n) is 5.95. The monoisotopic (exact) mass is 234 g/mol. The normalized spacial score (nSPS) is 23.6. The molecule has 1 aliphatic carbocycles. The number of carbonyl (C=O) groups excluding carboxylic acids is 1. The van der Waals surface area contributed by atoms with E-state index in [4.69, 9.17) is 5.73 Å². The maximum atomic E-state index is 12.0. The predicted octanol–water partition coefficient (Wildman–Crippen LogP) is 1.89. The number of nitrogens with one attached hydrogen (secondary N) is 1. The molecule has 0 bridgehead atoms. The number of hydrogen-bond acceptors (Lipinski definition) is 3. The van der Waals surface area contributed by atoms with E-state index >= 15 is 0 Å². The molecular formula is C13H18N2O2. The van der Waals surface area contributed by atoms with Gasteiger partial charge in [-0.3, -0.25) is 4.79 Å². The quantitative estimate of drug-likeness (QED) is 0.540. The first kappa shape index (κ1) is 11.8. The van der Waals surface area contributed by atoms with Crippen LogP contribution in [0.1, 0.15) is 36.5 Å². The Balaban J connectivity index is 2.06. The second-order valence-electron chi connectivity index (χ2n) is 4.86. The molecule has 1 aromatic carbocycles. The Morgan fingerprint density at radius 3 is 2.88 bits per heavy atom. The van der Waals surface area contributed by atoms with Crippen molar-refractivity contribution in [3.05, 3.63) is 23.8 Å². The van der Waals surface area contributed by atoms with Crippen molar-refractivity contribution in [1.82, 2.24) is 5.32 Å². The third-order valence-electron chi connectivity index (χ3n) is 3.31. The lowest BCUT2D eigenvalue weighted by atomic mass is 10.1. The van der Waals surface area contributed by atoms with Crippen LogP contribution >= 0.6 is 0 Å². The topological polar surface area (TPSA) is 75.3 Å². The van der Waals surface area contributed by atoms with E-state index in [9.17, 15) is 9.90 Å². The highest BCUT2D eigenvalue weighted by Crippen LogP contribution is 2.25. The lowest BCUT2D eigenvalue weighted by Gasteiger charge is -2.13. The van der Waals surface area contributed by atoms with Gasteiger partial charge in [-0.05, 0) is 43.4 Å². The molecule has 0 radical (unpaired) electrons. The molecule has 4 heteroatoms. The fraction of sp³-hybridized carbons (Fsp3) is 0.462. The van der Waals surface area contributed by atoms with E-state index < -0.39 is 0 Å². The van der Waals surface area contributed by atoms with Crippen LogP contribution in [0.15, 0.2) is 18.2 Å². The Morgan fingerprint density at radius 1 is 1.47 bits per heavy atom. The summed E-state index contributed by atoms with van der Waals surface area (Å²) in [4.78, 5) is 12.0. The third-order valence-corrected chi connectivity index (χ3v) is 3.31. The van der Waals surface area contributed by atoms with E-state index in [1.54, 1.807) is 6.07 Å². The van der Waals surface area contributed by atoms with Crippen LogP contribution in [0.2, 0.25) is 0 Å². The van der Waals surface area contributed by atoms with Gasteiger partial charge in [-0.1, -0.05) is 6.92 Å². The van der Waals surface area contributed by atoms with Crippen molar-refractivity contribution in [2.75, 3.05) is 5.73 Å². The van der Waals surface area contributed by atoms with Crippen LogP contribution < -0.4 is 11.1 Å². The molecule has 0 spiro atoms. The number of nitrogens with two attached hydrogens (primary N) is 1. The summed E-state index contributed by atoms with van der Waals surface area (Å²) in [6.07, 6.45) is 3.19. The van der Waals surface area contributed by atoms with Crippen LogP contribution in [0.3, 0.4) is 0 Å². The largest absolute Gasteiger partial charge is 0.508 e. The van der Waals surface area contributed by atoms with Crippen LogP contribution in [-0.4, -0.2) is 17.1 Å². The lowest BCUT2D eigenvalue weighted by Crippen LogP contribution is -2.33. The van der Waals surface area contributed by atoms with Gasteiger partial charge in [0.2, 0.25) is 0 Å². The number of nitrogen functional groups attached to an aromatic ring is 1. The Kier molecular flexibility index (Phi) is 3.22. The van der Waals surface area contributed by atoms with Gasteiger partial charge in [-0.15, -0.1) is 0 Å². The average Bonchev–Trinajstić information content (AvgIpc) is 2.67. The van der Waals surface area contributed by atoms with Gasteiger partial charge in [0.05, 0.1) is 5.56 Å². The Labute approximate surface area is 101 Å². The van der Waals surface area contributed by atoms with Crippen LogP contribution in [0.5, 0.6) is 5.75 Å². The molecular weight excluding hydrogens is 216 g/mol. The molecule has 1 fully saturated rings. The van der Waals surface area contributed by atoms with Crippen molar-refractivity contribution in [2.24, 2.45) is 5.92 Å². The minimum absolute atomic E-state index is 0.0594. The molecule has 1 aromatic rings. The van der Waals surface area contributed by atoms with Crippen molar-refractivity contribution in [1.29, 1.82) is 0 Å². The SMILES string of the molecule is CC1CCC(NC(=O)c2cc(O)ccc2N)C1. The van der Waals surface area contributed by atoms with E-state index in [2.05, 4.69) is 12.2 Å². The van der Waals surface area contributed by atoms with Crippen molar-refractivity contribution in [3.8, 4) is 5.75 Å². The first-order chi connectivity index (χ1) is 8.06. The molecule has 0 saturated heterocycles. The standard InChI is InChI=1S/C13H18N2O2/c1-8-2-3-9(6-8)15-13(17)11-7-10(16)4-5-12(11)14/h4-5,7-9,16H,2-3,6,14H2,1H3,(H,15,17). The zero-order valence-corrected chi connectivity index (χ0v) is 9.94. The molecule has 1 amide bonds. The number of aromatic hydroxyl groups is 1. The van der Waals surface area contributed by atoms with Crippen molar-refractivity contribution in [2.45, 2.75) is 32.2 Å². The third kappa shape index (κ3) is 2.70. The molecule has 0 aromatic heterocycles. The van der Waals surface area contributed by atoms with Crippen molar-refractivity contribution >= 4 is 11.6 Å². The maximum Gasteiger partial charge on any atom is 0.253 e. The fourth-order valence-electron chi connectivity index (χ4n) is 2.34. The Morgan fingerprint density at radius 2 is 2.24 bits per heavy atom. The van der Waals surface area contributed by atoms with E-state index in [0.29, 0.717) is 17.2 Å². The highest BCUT2D eigenvalue weighted by Gasteiger charge is 2.23. The molecule has 17 heavy (non-hydrogen) atoms. The minimum Gasteiger partial charge on any atom is -0.508 e. The highest BCUT2D eigenvalue weighted by molar-refractivity contribution is 5.99. The van der Waals surface area contributed by atoms with Crippen molar-refractivity contribution in [3.63, 3.8) is 0 Å². The van der Waals surface area contributed by atoms with Crippen molar-refractivity contribution < 1.29 is 9.90 Å². The summed E-state index contributed by atoms with van der Waals surface area (Å²) in [7, 11) is 0.